The fourth-order valence-electron chi connectivity index (χ4n) is 8.28. The number of aliphatic hydroxyl groups is 2. The largest absolute Gasteiger partial charge is 0.390 e. The van der Waals surface area contributed by atoms with Gasteiger partial charge in [0.05, 0.1) is 11.7 Å². The Bertz CT molecular complexity index is 1190. The Hall–Kier alpha value is -2.01. The number of ether oxygens (including phenoxy) is 1. The molecule has 1 unspecified atom stereocenters. The molecule has 7 atom stereocenters. The van der Waals surface area contributed by atoms with Crippen molar-refractivity contribution in [1.29, 1.82) is 0 Å². The highest BCUT2D eigenvalue weighted by Gasteiger charge is 2.68. The second kappa shape index (κ2) is 6.31. The molecule has 4 nitrogen and oxygen atoms in total. The van der Waals surface area contributed by atoms with Crippen LogP contribution in [0.4, 0.5) is 0 Å². The number of allylic oxidation sites excluding steroid dienone is 1. The minimum absolute atomic E-state index is 0.120. The van der Waals surface area contributed by atoms with Crippen molar-refractivity contribution < 1.29 is 14.9 Å². The fourth-order valence-corrected chi connectivity index (χ4v) is 8.28. The zero-order valence-electron chi connectivity index (χ0n) is 18.6. The van der Waals surface area contributed by atoms with Crippen molar-refractivity contribution >= 4 is 10.8 Å². The van der Waals surface area contributed by atoms with E-state index < -0.39 is 17.8 Å². The third kappa shape index (κ3) is 2.26. The normalized spacial score (nSPS) is 44.5. The molecule has 3 heterocycles. The molecule has 7 rings (SSSR count). The summed E-state index contributed by atoms with van der Waals surface area (Å²) in [4.78, 5) is 4.33. The van der Waals surface area contributed by atoms with E-state index in [-0.39, 0.29) is 11.0 Å². The van der Waals surface area contributed by atoms with E-state index in [2.05, 4.69) is 48.3 Å². The van der Waals surface area contributed by atoms with Crippen LogP contribution in [0.5, 0.6) is 0 Å². The highest BCUT2D eigenvalue weighted by Crippen LogP contribution is 2.69. The summed E-state index contributed by atoms with van der Waals surface area (Å²) < 4.78 is 7.04. The summed E-state index contributed by atoms with van der Waals surface area (Å²) in [5, 5.41) is 23.9. The monoisotopic (exact) mass is 429 g/mol. The van der Waals surface area contributed by atoms with E-state index >= 15 is 0 Å². The van der Waals surface area contributed by atoms with Crippen LogP contribution in [0, 0.1) is 11.3 Å². The molecule has 2 aromatic rings. The summed E-state index contributed by atoms with van der Waals surface area (Å²) in [6.07, 6.45) is 13.7. The lowest BCUT2D eigenvalue weighted by Crippen LogP contribution is -2.59. The van der Waals surface area contributed by atoms with E-state index in [0.29, 0.717) is 18.3 Å². The third-order valence-electron chi connectivity index (χ3n) is 9.87. The predicted molar refractivity (Wildman–Crippen MR) is 123 cm³/mol. The second-order valence-electron chi connectivity index (χ2n) is 11.1. The van der Waals surface area contributed by atoms with Crippen molar-refractivity contribution in [2.75, 3.05) is 0 Å². The highest BCUT2D eigenvalue weighted by atomic mass is 16.5. The highest BCUT2D eigenvalue weighted by molar-refractivity contribution is 5.82. The van der Waals surface area contributed by atoms with E-state index in [4.69, 9.17) is 4.74 Å². The molecule has 1 aromatic carbocycles. The molecule has 2 spiro atoms. The number of aromatic nitrogens is 1. The van der Waals surface area contributed by atoms with E-state index in [0.717, 1.165) is 38.5 Å². The molecule has 2 bridgehead atoms. The van der Waals surface area contributed by atoms with Crippen LogP contribution < -0.4 is 0 Å². The summed E-state index contributed by atoms with van der Waals surface area (Å²) >= 11 is 0. The maximum Gasteiger partial charge on any atom is 0.119 e. The summed E-state index contributed by atoms with van der Waals surface area (Å²) in [6.45, 7) is 2.46. The lowest BCUT2D eigenvalue weighted by Gasteiger charge is -2.55. The lowest BCUT2D eigenvalue weighted by molar-refractivity contribution is -0.193. The quantitative estimate of drug-likeness (QED) is 0.683. The number of benzene rings is 1. The van der Waals surface area contributed by atoms with Crippen LogP contribution in [0.3, 0.4) is 0 Å². The molecule has 3 aliphatic carbocycles. The van der Waals surface area contributed by atoms with Gasteiger partial charge < -0.3 is 14.9 Å². The molecule has 3 fully saturated rings. The van der Waals surface area contributed by atoms with Crippen molar-refractivity contribution in [1.82, 2.24) is 4.98 Å². The van der Waals surface area contributed by atoms with Gasteiger partial charge in [0.25, 0.3) is 0 Å². The smallest absolute Gasteiger partial charge is 0.119 e. The lowest BCUT2D eigenvalue weighted by atomic mass is 9.58. The molecule has 5 aliphatic rings. The van der Waals surface area contributed by atoms with Gasteiger partial charge in [0.15, 0.2) is 0 Å². The van der Waals surface area contributed by atoms with Gasteiger partial charge in [-0.25, -0.2) is 0 Å². The summed E-state index contributed by atoms with van der Waals surface area (Å²) in [7, 11) is 0. The number of pyridine rings is 1. The number of fused-ring (bicyclic) bond motifs is 2. The predicted octanol–water partition coefficient (Wildman–Crippen LogP) is 4.81. The average Bonchev–Trinajstić information content (AvgIpc) is 3.33. The molecular formula is C28H31NO3. The van der Waals surface area contributed by atoms with Crippen LogP contribution in [0.25, 0.3) is 10.8 Å². The van der Waals surface area contributed by atoms with Gasteiger partial charge >= 0.3 is 0 Å². The molecule has 32 heavy (non-hydrogen) atoms. The van der Waals surface area contributed by atoms with Gasteiger partial charge in [-0.1, -0.05) is 31.2 Å². The maximum absolute atomic E-state index is 11.0. The van der Waals surface area contributed by atoms with Crippen molar-refractivity contribution in [2.24, 2.45) is 11.3 Å². The molecule has 0 amide bonds. The Morgan fingerprint density at radius 3 is 2.81 bits per heavy atom. The number of hydrogen-bond donors (Lipinski definition) is 2. The topological polar surface area (TPSA) is 62.6 Å². The van der Waals surface area contributed by atoms with Gasteiger partial charge in [0.2, 0.25) is 0 Å². The molecule has 2 N–H and O–H groups in total. The minimum Gasteiger partial charge on any atom is -0.390 e. The van der Waals surface area contributed by atoms with Crippen molar-refractivity contribution in [3.63, 3.8) is 0 Å². The van der Waals surface area contributed by atoms with Gasteiger partial charge in [-0.05, 0) is 96.4 Å². The first-order valence-corrected chi connectivity index (χ1v) is 12.3. The zero-order valence-corrected chi connectivity index (χ0v) is 18.6. The van der Waals surface area contributed by atoms with Crippen LogP contribution in [0.2, 0.25) is 0 Å². The van der Waals surface area contributed by atoms with E-state index in [1.807, 2.05) is 12.4 Å². The third-order valence-corrected chi connectivity index (χ3v) is 9.87. The Labute approximate surface area is 189 Å². The van der Waals surface area contributed by atoms with Crippen molar-refractivity contribution in [2.45, 2.75) is 81.2 Å². The van der Waals surface area contributed by atoms with E-state index in [1.165, 1.54) is 27.5 Å². The first kappa shape index (κ1) is 19.5. The van der Waals surface area contributed by atoms with Crippen LogP contribution in [0.15, 0.2) is 60.0 Å². The Balaban J connectivity index is 1.31. The van der Waals surface area contributed by atoms with Gasteiger partial charge in [-0.3, -0.25) is 4.98 Å². The maximum atomic E-state index is 11.0. The molecule has 0 radical (unpaired) electrons. The van der Waals surface area contributed by atoms with Crippen LogP contribution in [0.1, 0.15) is 63.4 Å². The van der Waals surface area contributed by atoms with Crippen molar-refractivity contribution in [3.8, 4) is 0 Å². The molecular weight excluding hydrogens is 398 g/mol. The average molecular weight is 430 g/mol. The molecule has 2 saturated carbocycles. The number of hydrogen-bond acceptors (Lipinski definition) is 4. The molecule has 4 heteroatoms. The Morgan fingerprint density at radius 2 is 1.91 bits per heavy atom. The summed E-state index contributed by atoms with van der Waals surface area (Å²) in [5.41, 5.74) is 3.08. The fraction of sp³-hybridized carbons (Fsp3) is 0.536. The molecule has 1 aromatic heterocycles. The van der Waals surface area contributed by atoms with Gasteiger partial charge in [-0.15, -0.1) is 0 Å². The van der Waals surface area contributed by atoms with Gasteiger partial charge in [0.1, 0.15) is 11.7 Å². The first-order valence-electron chi connectivity index (χ1n) is 12.3. The SMILES string of the molecule is C[C@]12CC=C3C=C4CC[C@@H](O)[C@@H](O)[C@]45CCC3(O5)[C@@H]1CC[C@@H]2c1ccc2ccncc2c1. The second-order valence-corrected chi connectivity index (χ2v) is 11.1. The Kier molecular flexibility index (Phi) is 3.84. The number of rotatable bonds is 1. The zero-order chi connectivity index (χ0) is 21.7. The molecule has 166 valence electrons. The van der Waals surface area contributed by atoms with E-state index in [9.17, 15) is 10.2 Å². The summed E-state index contributed by atoms with van der Waals surface area (Å²) in [5.74, 6) is 0.907. The molecule has 2 aliphatic heterocycles. The van der Waals surface area contributed by atoms with Crippen molar-refractivity contribution in [3.05, 3.63) is 65.5 Å². The van der Waals surface area contributed by atoms with Crippen LogP contribution in [-0.4, -0.2) is 38.6 Å². The van der Waals surface area contributed by atoms with E-state index in [1.54, 1.807) is 0 Å². The summed E-state index contributed by atoms with van der Waals surface area (Å²) in [6, 6.07) is 8.97. The minimum atomic E-state index is -0.818. The number of aliphatic hydroxyl groups excluding tert-OH is 2. The number of nitrogens with zero attached hydrogens (tertiary/aromatic N) is 1. The van der Waals surface area contributed by atoms with Gasteiger partial charge in [-0.2, -0.15) is 0 Å². The van der Waals surface area contributed by atoms with Crippen LogP contribution >= 0.6 is 0 Å². The van der Waals surface area contributed by atoms with Crippen LogP contribution in [-0.2, 0) is 4.74 Å². The first-order chi connectivity index (χ1) is 15.5. The Morgan fingerprint density at radius 1 is 1.03 bits per heavy atom. The standard InChI is InChI=1S/C28H31NO3/c1-26-10-8-21-15-20-4-6-23(30)25(31)28(20)12-11-27(21,32-28)24(26)7-5-22(26)18-3-2-17-9-13-29-16-19(17)14-18/h2-3,8-9,13-16,22-25,30-31H,4-7,10-12H2,1H3/t22-,23-,24-,25-,26-,27?,28+/m1/s1. The molecule has 1 saturated heterocycles. The van der Waals surface area contributed by atoms with Gasteiger partial charge in [0, 0.05) is 17.8 Å².